The zero-order valence-corrected chi connectivity index (χ0v) is 13.4. The Balaban J connectivity index is 2.20. The second-order valence-corrected chi connectivity index (χ2v) is 5.60. The molecule has 1 heterocycles. The van der Waals surface area contributed by atoms with Crippen molar-refractivity contribution in [1.29, 1.82) is 0 Å². The average Bonchev–Trinajstić information content (AvgIpc) is 2.85. The molecule has 4 nitrogen and oxygen atoms in total. The summed E-state index contributed by atoms with van der Waals surface area (Å²) in [4.78, 5) is 4.57. The molecular formula is C17H25N3O. The van der Waals surface area contributed by atoms with Crippen LogP contribution in [-0.4, -0.2) is 29.8 Å². The van der Waals surface area contributed by atoms with Gasteiger partial charge in [-0.05, 0) is 37.0 Å². The Morgan fingerprint density at radius 3 is 2.86 bits per heavy atom. The van der Waals surface area contributed by atoms with Crippen molar-refractivity contribution in [2.45, 2.75) is 33.1 Å². The van der Waals surface area contributed by atoms with Gasteiger partial charge in [0.1, 0.15) is 0 Å². The highest BCUT2D eigenvalue weighted by Gasteiger charge is 2.08. The van der Waals surface area contributed by atoms with Crippen molar-refractivity contribution in [2.24, 2.45) is 0 Å². The van der Waals surface area contributed by atoms with E-state index in [0.717, 1.165) is 36.9 Å². The molecule has 0 bridgehead atoms. The molecule has 1 N–H and O–H groups in total. The third-order valence-electron chi connectivity index (χ3n) is 3.45. The second kappa shape index (κ2) is 7.27. The first-order chi connectivity index (χ1) is 10.1. The maximum absolute atomic E-state index is 5.07. The van der Waals surface area contributed by atoms with Gasteiger partial charge in [0, 0.05) is 32.1 Å². The fraction of sp³-hybridized carbons (Fsp3) is 0.471. The van der Waals surface area contributed by atoms with Crippen LogP contribution in [-0.2, 0) is 4.74 Å². The first-order valence-corrected chi connectivity index (χ1v) is 7.51. The van der Waals surface area contributed by atoms with Gasteiger partial charge in [-0.2, -0.15) is 0 Å². The monoisotopic (exact) mass is 287 g/mol. The van der Waals surface area contributed by atoms with Crippen LogP contribution in [0.3, 0.4) is 0 Å². The molecule has 0 spiro atoms. The van der Waals surface area contributed by atoms with Crippen molar-refractivity contribution < 1.29 is 4.74 Å². The highest BCUT2D eigenvalue weighted by molar-refractivity contribution is 5.45. The summed E-state index contributed by atoms with van der Waals surface area (Å²) in [6.45, 7) is 8.05. The molecule has 21 heavy (non-hydrogen) atoms. The topological polar surface area (TPSA) is 39.1 Å². The van der Waals surface area contributed by atoms with Crippen LogP contribution in [0.5, 0.6) is 0 Å². The minimum atomic E-state index is 0.521. The van der Waals surface area contributed by atoms with Gasteiger partial charge in [0.25, 0.3) is 0 Å². The first kappa shape index (κ1) is 15.6. The SMILES string of the molecule is COCCCNc1nc(C)cn1-c1cccc(C(C)C)c1. The van der Waals surface area contributed by atoms with Crippen molar-refractivity contribution in [3.63, 3.8) is 0 Å². The highest BCUT2D eigenvalue weighted by Crippen LogP contribution is 2.21. The lowest BCUT2D eigenvalue weighted by molar-refractivity contribution is 0.197. The van der Waals surface area contributed by atoms with Gasteiger partial charge < -0.3 is 10.1 Å². The van der Waals surface area contributed by atoms with E-state index in [0.29, 0.717) is 5.92 Å². The Morgan fingerprint density at radius 1 is 1.33 bits per heavy atom. The number of hydrogen-bond donors (Lipinski definition) is 1. The van der Waals surface area contributed by atoms with Crippen LogP contribution in [0.2, 0.25) is 0 Å². The lowest BCUT2D eigenvalue weighted by Gasteiger charge is -2.12. The van der Waals surface area contributed by atoms with E-state index in [4.69, 9.17) is 4.74 Å². The van der Waals surface area contributed by atoms with Crippen LogP contribution in [0.1, 0.15) is 37.4 Å². The molecule has 0 atom stereocenters. The molecule has 0 unspecified atom stereocenters. The van der Waals surface area contributed by atoms with Crippen LogP contribution >= 0.6 is 0 Å². The van der Waals surface area contributed by atoms with E-state index < -0.39 is 0 Å². The largest absolute Gasteiger partial charge is 0.385 e. The van der Waals surface area contributed by atoms with Crippen molar-refractivity contribution in [3.8, 4) is 5.69 Å². The molecule has 0 fully saturated rings. The molecule has 0 amide bonds. The molecule has 0 aliphatic carbocycles. The minimum Gasteiger partial charge on any atom is -0.385 e. The average molecular weight is 287 g/mol. The Kier molecular flexibility index (Phi) is 5.39. The third-order valence-corrected chi connectivity index (χ3v) is 3.45. The summed E-state index contributed by atoms with van der Waals surface area (Å²) in [6.07, 6.45) is 3.03. The summed E-state index contributed by atoms with van der Waals surface area (Å²) in [7, 11) is 1.72. The Bertz CT molecular complexity index is 575. The van der Waals surface area contributed by atoms with Crippen LogP contribution < -0.4 is 5.32 Å². The number of ether oxygens (including phenoxy) is 1. The lowest BCUT2D eigenvalue weighted by atomic mass is 10.0. The van der Waals surface area contributed by atoms with Crippen molar-refractivity contribution in [2.75, 3.05) is 25.6 Å². The molecule has 0 saturated carbocycles. The fourth-order valence-electron chi connectivity index (χ4n) is 2.27. The zero-order chi connectivity index (χ0) is 15.2. The molecule has 2 rings (SSSR count). The van der Waals surface area contributed by atoms with Gasteiger partial charge in [0.15, 0.2) is 0 Å². The Hall–Kier alpha value is -1.81. The standard InChI is InChI=1S/C17H25N3O/c1-13(2)15-7-5-8-16(11-15)20-12-14(3)19-17(20)18-9-6-10-21-4/h5,7-8,11-13H,6,9-10H2,1-4H3,(H,18,19). The van der Waals surface area contributed by atoms with Gasteiger partial charge in [-0.15, -0.1) is 0 Å². The first-order valence-electron chi connectivity index (χ1n) is 7.51. The minimum absolute atomic E-state index is 0.521. The number of rotatable bonds is 7. The van der Waals surface area contributed by atoms with Gasteiger partial charge in [-0.1, -0.05) is 26.0 Å². The van der Waals surface area contributed by atoms with Crippen LogP contribution in [0, 0.1) is 6.92 Å². The number of aromatic nitrogens is 2. The quantitative estimate of drug-likeness (QED) is 0.788. The van der Waals surface area contributed by atoms with E-state index in [9.17, 15) is 0 Å². The Labute approximate surface area is 127 Å². The zero-order valence-electron chi connectivity index (χ0n) is 13.4. The van der Waals surface area contributed by atoms with Gasteiger partial charge in [0.2, 0.25) is 5.95 Å². The number of benzene rings is 1. The van der Waals surface area contributed by atoms with E-state index in [2.05, 4.69) is 59.2 Å². The summed E-state index contributed by atoms with van der Waals surface area (Å²) in [6, 6.07) is 8.62. The van der Waals surface area contributed by atoms with E-state index in [1.165, 1.54) is 5.56 Å². The molecule has 1 aromatic heterocycles. The molecule has 114 valence electrons. The number of hydrogen-bond acceptors (Lipinski definition) is 3. The summed E-state index contributed by atoms with van der Waals surface area (Å²) >= 11 is 0. The van der Waals surface area contributed by atoms with Gasteiger partial charge >= 0.3 is 0 Å². The molecule has 0 aliphatic rings. The van der Waals surface area contributed by atoms with E-state index >= 15 is 0 Å². The third kappa shape index (κ3) is 4.08. The van der Waals surface area contributed by atoms with Gasteiger partial charge in [0.05, 0.1) is 5.69 Å². The molecule has 1 aromatic carbocycles. The second-order valence-electron chi connectivity index (χ2n) is 5.60. The molecular weight excluding hydrogens is 262 g/mol. The van der Waals surface area contributed by atoms with Crippen molar-refractivity contribution >= 4 is 5.95 Å². The normalized spacial score (nSPS) is 11.1. The predicted octanol–water partition coefficient (Wildman–Crippen LogP) is 3.75. The fourth-order valence-corrected chi connectivity index (χ4v) is 2.27. The summed E-state index contributed by atoms with van der Waals surface area (Å²) in [5.74, 6) is 1.41. The maximum Gasteiger partial charge on any atom is 0.207 e. The van der Waals surface area contributed by atoms with Crippen LogP contribution in [0.15, 0.2) is 30.5 Å². The molecule has 4 heteroatoms. The van der Waals surface area contributed by atoms with Crippen molar-refractivity contribution in [3.05, 3.63) is 41.7 Å². The van der Waals surface area contributed by atoms with Gasteiger partial charge in [-0.25, -0.2) is 4.98 Å². The molecule has 0 aliphatic heterocycles. The van der Waals surface area contributed by atoms with E-state index in [1.54, 1.807) is 7.11 Å². The molecule has 0 radical (unpaired) electrons. The number of nitrogens with one attached hydrogen (secondary N) is 1. The summed E-state index contributed by atoms with van der Waals surface area (Å²) in [5, 5.41) is 3.39. The smallest absolute Gasteiger partial charge is 0.207 e. The van der Waals surface area contributed by atoms with Crippen LogP contribution in [0.4, 0.5) is 5.95 Å². The summed E-state index contributed by atoms with van der Waals surface area (Å²) < 4.78 is 7.19. The number of methoxy groups -OCH3 is 1. The predicted molar refractivity (Wildman–Crippen MR) is 87.4 cm³/mol. The van der Waals surface area contributed by atoms with Gasteiger partial charge in [-0.3, -0.25) is 4.57 Å². The number of anilines is 1. The molecule has 2 aromatic rings. The number of aryl methyl sites for hydroxylation is 1. The maximum atomic E-state index is 5.07. The lowest BCUT2D eigenvalue weighted by Crippen LogP contribution is -2.09. The van der Waals surface area contributed by atoms with E-state index in [1.807, 2.05) is 6.92 Å². The van der Waals surface area contributed by atoms with E-state index in [-0.39, 0.29) is 0 Å². The van der Waals surface area contributed by atoms with Crippen LogP contribution in [0.25, 0.3) is 5.69 Å². The number of nitrogens with zero attached hydrogens (tertiary/aromatic N) is 2. The Morgan fingerprint density at radius 2 is 2.14 bits per heavy atom. The summed E-state index contributed by atoms with van der Waals surface area (Å²) in [5.41, 5.74) is 3.50. The number of imidazole rings is 1. The van der Waals surface area contributed by atoms with Crippen molar-refractivity contribution in [1.82, 2.24) is 9.55 Å². The highest BCUT2D eigenvalue weighted by atomic mass is 16.5. The molecule has 0 saturated heterocycles.